The van der Waals surface area contributed by atoms with Gasteiger partial charge in [-0.1, -0.05) is 0 Å². The molecule has 4 aromatic heterocycles. The number of anilines is 1. The van der Waals surface area contributed by atoms with Crippen molar-refractivity contribution < 1.29 is 13.6 Å². The second kappa shape index (κ2) is 8.01. The second-order valence-electron chi connectivity index (χ2n) is 8.33. The van der Waals surface area contributed by atoms with Crippen molar-refractivity contribution in [3.8, 4) is 22.8 Å². The highest BCUT2D eigenvalue weighted by Crippen LogP contribution is 2.36. The number of nitrogens with one attached hydrogen (secondary N) is 2. The molecule has 1 saturated carbocycles. The van der Waals surface area contributed by atoms with Gasteiger partial charge < -0.3 is 16.0 Å². The molecule has 12 heteroatoms. The zero-order valence-electron chi connectivity index (χ0n) is 18.2. The molecule has 1 aliphatic rings. The van der Waals surface area contributed by atoms with Crippen LogP contribution in [0.3, 0.4) is 0 Å². The van der Waals surface area contributed by atoms with E-state index < -0.39 is 17.5 Å². The Balaban J connectivity index is 1.40. The molecule has 0 bridgehead atoms. The number of imidazole rings is 2. The highest BCUT2D eigenvalue weighted by molar-refractivity contribution is 5.91. The van der Waals surface area contributed by atoms with Crippen LogP contribution in [0, 0.1) is 11.6 Å². The number of carbonyl (C=O) groups is 1. The standard InChI is InChI=1S/C23H19F2N9O/c24-12-7-13(25)9-14(8-12)27-11-19-29-21(22(30-19)17-5-6-33(31-17)15-1-2-15)16-3-4-20-28-10-18(23(26)35)34(20)32-16/h3-10,15,27H,1-2,11H2,(H2,26,35)(H,29,30). The van der Waals surface area contributed by atoms with Gasteiger partial charge in [0.25, 0.3) is 5.91 Å². The van der Waals surface area contributed by atoms with Crippen molar-refractivity contribution in [2.75, 3.05) is 5.32 Å². The summed E-state index contributed by atoms with van der Waals surface area (Å²) in [5.41, 5.74) is 8.61. The number of hydrogen-bond acceptors (Lipinski definition) is 6. The van der Waals surface area contributed by atoms with Gasteiger partial charge in [0.15, 0.2) is 5.65 Å². The Morgan fingerprint density at radius 2 is 1.91 bits per heavy atom. The number of benzene rings is 1. The highest BCUT2D eigenvalue weighted by Gasteiger charge is 2.26. The predicted octanol–water partition coefficient (Wildman–Crippen LogP) is 3.31. The summed E-state index contributed by atoms with van der Waals surface area (Å²) in [6, 6.07) is 8.95. The molecule has 4 heterocycles. The first kappa shape index (κ1) is 21.0. The molecule has 0 aliphatic heterocycles. The Bertz CT molecular complexity index is 1560. The molecular formula is C23H19F2N9O. The van der Waals surface area contributed by atoms with E-state index in [1.54, 1.807) is 12.1 Å². The molecule has 0 saturated heterocycles. The van der Waals surface area contributed by atoms with Gasteiger partial charge in [-0.25, -0.2) is 23.3 Å². The summed E-state index contributed by atoms with van der Waals surface area (Å²) in [5, 5.41) is 12.2. The molecule has 1 amide bonds. The summed E-state index contributed by atoms with van der Waals surface area (Å²) in [7, 11) is 0. The third kappa shape index (κ3) is 3.98. The van der Waals surface area contributed by atoms with Crippen LogP contribution >= 0.6 is 0 Å². The van der Waals surface area contributed by atoms with Crippen LogP contribution in [0.2, 0.25) is 0 Å². The van der Waals surface area contributed by atoms with Crippen LogP contribution in [0.25, 0.3) is 28.4 Å². The Kier molecular flexibility index (Phi) is 4.80. The molecular weight excluding hydrogens is 456 g/mol. The molecule has 0 spiro atoms. The number of carbonyl (C=O) groups excluding carboxylic acids is 1. The molecule has 6 rings (SSSR count). The third-order valence-corrected chi connectivity index (χ3v) is 5.72. The molecule has 0 atom stereocenters. The first-order valence-corrected chi connectivity index (χ1v) is 10.9. The van der Waals surface area contributed by atoms with Crippen molar-refractivity contribution in [1.82, 2.24) is 34.3 Å². The van der Waals surface area contributed by atoms with E-state index in [1.165, 1.54) is 22.8 Å². The number of fused-ring (bicyclic) bond motifs is 1. The number of hydrogen-bond donors (Lipinski definition) is 3. The van der Waals surface area contributed by atoms with Crippen molar-refractivity contribution in [3.05, 3.63) is 71.9 Å². The largest absolute Gasteiger partial charge is 0.378 e. The van der Waals surface area contributed by atoms with E-state index in [-0.39, 0.29) is 17.9 Å². The van der Waals surface area contributed by atoms with Crippen LogP contribution < -0.4 is 11.1 Å². The summed E-state index contributed by atoms with van der Waals surface area (Å²) < 4.78 is 30.4. The lowest BCUT2D eigenvalue weighted by atomic mass is 10.2. The Labute approximate surface area is 196 Å². The Morgan fingerprint density at radius 3 is 2.66 bits per heavy atom. The van der Waals surface area contributed by atoms with E-state index in [4.69, 9.17) is 5.73 Å². The maximum Gasteiger partial charge on any atom is 0.269 e. The monoisotopic (exact) mass is 475 g/mol. The van der Waals surface area contributed by atoms with Gasteiger partial charge in [0, 0.05) is 18.0 Å². The fourth-order valence-corrected chi connectivity index (χ4v) is 3.90. The molecule has 10 nitrogen and oxygen atoms in total. The van der Waals surface area contributed by atoms with Crippen LogP contribution in [0.4, 0.5) is 14.5 Å². The topological polar surface area (TPSA) is 132 Å². The van der Waals surface area contributed by atoms with Crippen LogP contribution in [-0.4, -0.2) is 40.3 Å². The zero-order chi connectivity index (χ0) is 24.1. The minimum absolute atomic E-state index is 0.145. The van der Waals surface area contributed by atoms with Crippen molar-refractivity contribution in [3.63, 3.8) is 0 Å². The fraction of sp³-hybridized carbons (Fsp3) is 0.174. The molecule has 1 fully saturated rings. The van der Waals surface area contributed by atoms with Gasteiger partial charge in [-0.05, 0) is 43.2 Å². The quantitative estimate of drug-likeness (QED) is 0.331. The van der Waals surface area contributed by atoms with E-state index >= 15 is 0 Å². The lowest BCUT2D eigenvalue weighted by Crippen LogP contribution is -2.15. The minimum atomic E-state index is -0.679. The molecule has 35 heavy (non-hydrogen) atoms. The van der Waals surface area contributed by atoms with Gasteiger partial charge in [0.2, 0.25) is 0 Å². The van der Waals surface area contributed by atoms with Gasteiger partial charge >= 0.3 is 0 Å². The molecule has 1 aliphatic carbocycles. The summed E-state index contributed by atoms with van der Waals surface area (Å²) in [6.45, 7) is 0.166. The maximum absolute atomic E-state index is 13.6. The average molecular weight is 475 g/mol. The SMILES string of the molecule is NC(=O)c1cnc2ccc(-c3nc(CNc4cc(F)cc(F)c4)[nH]c3-c3ccn(C4CC4)n3)nn12. The predicted molar refractivity (Wildman–Crippen MR) is 122 cm³/mol. The molecule has 0 radical (unpaired) electrons. The van der Waals surface area contributed by atoms with Crippen molar-refractivity contribution >= 4 is 17.2 Å². The number of nitrogens with zero attached hydrogens (tertiary/aromatic N) is 6. The average Bonchev–Trinajstić information content (AvgIpc) is 3.22. The maximum atomic E-state index is 13.6. The van der Waals surface area contributed by atoms with Crippen LogP contribution in [-0.2, 0) is 6.54 Å². The molecule has 1 aromatic carbocycles. The molecule has 4 N–H and O–H groups in total. The third-order valence-electron chi connectivity index (χ3n) is 5.72. The number of nitrogens with two attached hydrogens (primary N) is 1. The van der Waals surface area contributed by atoms with E-state index in [9.17, 15) is 13.6 Å². The summed E-state index contributed by atoms with van der Waals surface area (Å²) >= 11 is 0. The Hall–Kier alpha value is -4.61. The summed E-state index contributed by atoms with van der Waals surface area (Å²) in [5.74, 6) is -1.51. The lowest BCUT2D eigenvalue weighted by molar-refractivity contribution is 0.0993. The van der Waals surface area contributed by atoms with Crippen LogP contribution in [0.1, 0.15) is 35.2 Å². The number of amides is 1. The smallest absolute Gasteiger partial charge is 0.269 e. The van der Waals surface area contributed by atoms with Gasteiger partial charge in [-0.3, -0.25) is 9.48 Å². The number of aromatic nitrogens is 7. The van der Waals surface area contributed by atoms with Crippen molar-refractivity contribution in [1.29, 1.82) is 0 Å². The Morgan fingerprint density at radius 1 is 1.11 bits per heavy atom. The zero-order valence-corrected chi connectivity index (χ0v) is 18.2. The minimum Gasteiger partial charge on any atom is -0.378 e. The van der Waals surface area contributed by atoms with Crippen molar-refractivity contribution in [2.45, 2.75) is 25.4 Å². The number of rotatable bonds is 7. The first-order chi connectivity index (χ1) is 16.9. The second-order valence-corrected chi connectivity index (χ2v) is 8.33. The van der Waals surface area contributed by atoms with Crippen LogP contribution in [0.15, 0.2) is 48.8 Å². The normalized spacial score (nSPS) is 13.4. The van der Waals surface area contributed by atoms with E-state index in [1.807, 2.05) is 16.9 Å². The van der Waals surface area contributed by atoms with Gasteiger partial charge in [0.1, 0.15) is 40.2 Å². The van der Waals surface area contributed by atoms with Gasteiger partial charge in [-0.2, -0.15) is 10.2 Å². The summed E-state index contributed by atoms with van der Waals surface area (Å²) in [4.78, 5) is 23.9. The van der Waals surface area contributed by atoms with Gasteiger partial charge in [0.05, 0.1) is 24.5 Å². The van der Waals surface area contributed by atoms with Crippen molar-refractivity contribution in [2.24, 2.45) is 5.73 Å². The van der Waals surface area contributed by atoms with Crippen LogP contribution in [0.5, 0.6) is 0 Å². The summed E-state index contributed by atoms with van der Waals surface area (Å²) in [6.07, 6.45) is 5.46. The molecule has 0 unspecified atom stereocenters. The lowest BCUT2D eigenvalue weighted by Gasteiger charge is -2.04. The first-order valence-electron chi connectivity index (χ1n) is 10.9. The fourth-order valence-electron chi connectivity index (χ4n) is 3.90. The molecule has 176 valence electrons. The highest BCUT2D eigenvalue weighted by atomic mass is 19.1. The number of aromatic amines is 1. The number of primary amides is 1. The van der Waals surface area contributed by atoms with E-state index in [0.29, 0.717) is 40.3 Å². The molecule has 5 aromatic rings. The van der Waals surface area contributed by atoms with Gasteiger partial charge in [-0.15, -0.1) is 0 Å². The van der Waals surface area contributed by atoms with E-state index in [0.717, 1.165) is 18.9 Å². The number of halogens is 2. The number of H-pyrrole nitrogens is 1. The van der Waals surface area contributed by atoms with E-state index in [2.05, 4.69) is 30.5 Å².